The average Bonchev–Trinajstić information content (AvgIpc) is 2.67. The highest BCUT2D eigenvalue weighted by Gasteiger charge is 2.29. The van der Waals surface area contributed by atoms with E-state index in [-0.39, 0.29) is 12.2 Å². The molecule has 1 aliphatic rings. The fourth-order valence-electron chi connectivity index (χ4n) is 2.68. The predicted molar refractivity (Wildman–Crippen MR) is 99.6 cm³/mol. The Morgan fingerprint density at radius 3 is 2.81 bits per heavy atom. The van der Waals surface area contributed by atoms with Crippen LogP contribution >= 0.6 is 0 Å². The number of carbonyl (C=O) groups excluding carboxylic acids is 1. The van der Waals surface area contributed by atoms with Crippen molar-refractivity contribution in [3.63, 3.8) is 0 Å². The molecule has 1 aliphatic heterocycles. The van der Waals surface area contributed by atoms with Crippen molar-refractivity contribution in [3.8, 4) is 0 Å². The minimum Gasteiger partial charge on any atom is -0.444 e. The third-order valence-electron chi connectivity index (χ3n) is 3.90. The molecule has 2 aromatic rings. The summed E-state index contributed by atoms with van der Waals surface area (Å²) in [6.07, 6.45) is 0.887. The van der Waals surface area contributed by atoms with Gasteiger partial charge in [-0.3, -0.25) is 0 Å². The van der Waals surface area contributed by atoms with Crippen LogP contribution in [0.5, 0.6) is 0 Å². The summed E-state index contributed by atoms with van der Waals surface area (Å²) >= 11 is 0. The van der Waals surface area contributed by atoms with Gasteiger partial charge in [-0.2, -0.15) is 5.10 Å². The summed E-state index contributed by atoms with van der Waals surface area (Å²) in [5, 5.41) is 8.09. The van der Waals surface area contributed by atoms with E-state index in [1.807, 2.05) is 39.0 Å². The van der Waals surface area contributed by atoms with Gasteiger partial charge in [-0.1, -0.05) is 12.1 Å². The van der Waals surface area contributed by atoms with Gasteiger partial charge in [0.25, 0.3) is 0 Å². The van der Waals surface area contributed by atoms with E-state index >= 15 is 0 Å². The van der Waals surface area contributed by atoms with Gasteiger partial charge in [-0.25, -0.2) is 9.00 Å². The number of rotatable bonds is 3. The van der Waals surface area contributed by atoms with Gasteiger partial charge in [0.1, 0.15) is 22.5 Å². The van der Waals surface area contributed by atoms with Crippen LogP contribution in [0.15, 0.2) is 52.5 Å². The number of amides is 1. The number of hydrogen-bond donors (Lipinski definition) is 0. The highest BCUT2D eigenvalue weighted by Crippen LogP contribution is 2.26. The van der Waals surface area contributed by atoms with Crippen LogP contribution < -0.4 is 0 Å². The maximum atomic E-state index is 12.7. The standard InChI is InChI=1S/C19H23N3O4S/c1-19(2,3)26-18(23)22-10-11-25-16(13-22)14-6-4-7-15(12-14)27(24)17-8-5-9-20-21-17/h4-9,12,16H,10-11,13H2,1-3H3/t16-,27?/m0/s1. The van der Waals surface area contributed by atoms with E-state index in [4.69, 9.17) is 9.47 Å². The Kier molecular flexibility index (Phi) is 5.86. The summed E-state index contributed by atoms with van der Waals surface area (Å²) in [4.78, 5) is 14.6. The van der Waals surface area contributed by atoms with Crippen LogP contribution in [0.3, 0.4) is 0 Å². The molecule has 3 rings (SSSR count). The monoisotopic (exact) mass is 389 g/mol. The fraction of sp³-hybridized carbons (Fsp3) is 0.421. The summed E-state index contributed by atoms with van der Waals surface area (Å²) in [7, 11) is -1.43. The van der Waals surface area contributed by atoms with Gasteiger partial charge in [0.2, 0.25) is 0 Å². The Hall–Kier alpha value is -2.32. The molecule has 1 amide bonds. The number of aromatic nitrogens is 2. The van der Waals surface area contributed by atoms with Crippen molar-refractivity contribution in [2.45, 2.75) is 42.4 Å². The van der Waals surface area contributed by atoms with Crippen LogP contribution in [-0.4, -0.2) is 50.7 Å². The van der Waals surface area contributed by atoms with Crippen molar-refractivity contribution in [3.05, 3.63) is 48.2 Å². The molecule has 2 heterocycles. The van der Waals surface area contributed by atoms with Gasteiger partial charge >= 0.3 is 6.09 Å². The molecular weight excluding hydrogens is 366 g/mol. The lowest BCUT2D eigenvalue weighted by Gasteiger charge is -2.34. The Bertz CT molecular complexity index is 823. The largest absolute Gasteiger partial charge is 0.444 e. The summed E-state index contributed by atoms with van der Waals surface area (Å²) < 4.78 is 24.0. The van der Waals surface area contributed by atoms with Gasteiger partial charge < -0.3 is 14.4 Å². The number of ether oxygens (including phenoxy) is 2. The highest BCUT2D eigenvalue weighted by atomic mass is 32.2. The normalized spacial score (nSPS) is 18.8. The smallest absolute Gasteiger partial charge is 0.410 e. The Morgan fingerprint density at radius 1 is 1.30 bits per heavy atom. The van der Waals surface area contributed by atoms with Crippen molar-refractivity contribution in [2.24, 2.45) is 0 Å². The molecular formula is C19H23N3O4S. The van der Waals surface area contributed by atoms with Gasteiger partial charge in [-0.15, -0.1) is 5.10 Å². The topological polar surface area (TPSA) is 81.6 Å². The van der Waals surface area contributed by atoms with Gasteiger partial charge in [0, 0.05) is 17.6 Å². The highest BCUT2D eigenvalue weighted by molar-refractivity contribution is 7.85. The lowest BCUT2D eigenvalue weighted by atomic mass is 10.1. The number of nitrogens with zero attached hydrogens (tertiary/aromatic N) is 3. The fourth-order valence-corrected chi connectivity index (χ4v) is 3.69. The number of carbonyl (C=O) groups is 1. The second-order valence-corrected chi connectivity index (χ2v) is 8.62. The zero-order valence-corrected chi connectivity index (χ0v) is 16.4. The van der Waals surface area contributed by atoms with E-state index in [1.54, 1.807) is 23.1 Å². The van der Waals surface area contributed by atoms with Gasteiger partial charge in [0.05, 0.1) is 13.2 Å². The lowest BCUT2D eigenvalue weighted by Crippen LogP contribution is -2.44. The summed E-state index contributed by atoms with van der Waals surface area (Å²) in [6, 6.07) is 10.7. The van der Waals surface area contributed by atoms with Crippen LogP contribution in [0.2, 0.25) is 0 Å². The first-order chi connectivity index (χ1) is 12.8. The van der Waals surface area contributed by atoms with Gasteiger partial charge in [-0.05, 0) is 50.6 Å². The molecule has 0 radical (unpaired) electrons. The van der Waals surface area contributed by atoms with Crippen molar-refractivity contribution < 1.29 is 18.5 Å². The molecule has 1 aromatic carbocycles. The first kappa shape index (κ1) is 19.4. The number of morpholine rings is 1. The Morgan fingerprint density at radius 2 is 2.11 bits per heavy atom. The summed E-state index contributed by atoms with van der Waals surface area (Å²) in [5.74, 6) is 0. The molecule has 8 heteroatoms. The molecule has 1 saturated heterocycles. The van der Waals surface area contributed by atoms with Gasteiger partial charge in [0.15, 0.2) is 5.03 Å². The van der Waals surface area contributed by atoms with Crippen LogP contribution in [0.4, 0.5) is 4.79 Å². The minimum atomic E-state index is -1.43. The molecule has 0 N–H and O–H groups in total. The molecule has 7 nitrogen and oxygen atoms in total. The minimum absolute atomic E-state index is 0.301. The second-order valence-electron chi connectivity index (χ2n) is 7.19. The summed E-state index contributed by atoms with van der Waals surface area (Å²) in [6.45, 7) is 6.81. The first-order valence-corrected chi connectivity index (χ1v) is 9.87. The van der Waals surface area contributed by atoms with Crippen molar-refractivity contribution in [2.75, 3.05) is 19.7 Å². The quantitative estimate of drug-likeness (QED) is 0.803. The molecule has 0 spiro atoms. The molecule has 1 unspecified atom stereocenters. The predicted octanol–water partition coefficient (Wildman–Crippen LogP) is 2.95. The van der Waals surface area contributed by atoms with E-state index < -0.39 is 16.4 Å². The van der Waals surface area contributed by atoms with Crippen LogP contribution in [0.1, 0.15) is 32.4 Å². The SMILES string of the molecule is CC(C)(C)OC(=O)N1CCO[C@H](c2cccc(S(=O)c3cccnn3)c2)C1. The van der Waals surface area contributed by atoms with Crippen molar-refractivity contribution in [1.82, 2.24) is 15.1 Å². The van der Waals surface area contributed by atoms with Crippen LogP contribution in [0.25, 0.3) is 0 Å². The third-order valence-corrected chi connectivity index (χ3v) is 5.18. The molecule has 144 valence electrons. The number of hydrogen-bond acceptors (Lipinski definition) is 6. The molecule has 1 fully saturated rings. The van der Waals surface area contributed by atoms with E-state index in [9.17, 15) is 9.00 Å². The van der Waals surface area contributed by atoms with E-state index in [0.29, 0.717) is 29.6 Å². The molecule has 0 bridgehead atoms. The molecule has 27 heavy (non-hydrogen) atoms. The average molecular weight is 389 g/mol. The second kappa shape index (κ2) is 8.14. The number of benzene rings is 1. The van der Waals surface area contributed by atoms with Crippen molar-refractivity contribution >= 4 is 16.9 Å². The molecule has 0 saturated carbocycles. The maximum Gasteiger partial charge on any atom is 0.410 e. The Labute approximate surface area is 161 Å². The van der Waals surface area contributed by atoms with Crippen molar-refractivity contribution in [1.29, 1.82) is 0 Å². The van der Waals surface area contributed by atoms with Crippen LogP contribution in [0, 0.1) is 0 Å². The lowest BCUT2D eigenvalue weighted by molar-refractivity contribution is -0.0433. The molecule has 1 aromatic heterocycles. The molecule has 0 aliphatic carbocycles. The first-order valence-electron chi connectivity index (χ1n) is 8.72. The zero-order chi connectivity index (χ0) is 19.4. The van der Waals surface area contributed by atoms with E-state index in [2.05, 4.69) is 10.2 Å². The Balaban J connectivity index is 1.75. The van der Waals surface area contributed by atoms with E-state index in [1.165, 1.54) is 6.20 Å². The molecule has 2 atom stereocenters. The van der Waals surface area contributed by atoms with Crippen LogP contribution in [-0.2, 0) is 20.3 Å². The maximum absolute atomic E-state index is 12.7. The summed E-state index contributed by atoms with van der Waals surface area (Å²) in [5.41, 5.74) is 0.316. The van der Waals surface area contributed by atoms with E-state index in [0.717, 1.165) is 5.56 Å². The third kappa shape index (κ3) is 5.11. The zero-order valence-electron chi connectivity index (χ0n) is 15.6.